The molecule has 3 amide bonds. The van der Waals surface area contributed by atoms with E-state index < -0.39 is 79.2 Å². The van der Waals surface area contributed by atoms with Gasteiger partial charge in [0.2, 0.25) is 17.7 Å². The van der Waals surface area contributed by atoms with Gasteiger partial charge in [0, 0.05) is 13.0 Å². The van der Waals surface area contributed by atoms with Crippen LogP contribution in [-0.2, 0) is 28.8 Å². The summed E-state index contributed by atoms with van der Waals surface area (Å²) >= 11 is 0. The number of carboxylic acids is 3. The quantitative estimate of drug-likeness (QED) is 0.157. The molecule has 0 saturated carbocycles. The van der Waals surface area contributed by atoms with Crippen LogP contribution in [0.15, 0.2) is 0 Å². The van der Waals surface area contributed by atoms with Crippen molar-refractivity contribution in [3.8, 4) is 0 Å². The maximum Gasteiger partial charge on any atom is 0.326 e. The lowest BCUT2D eigenvalue weighted by atomic mass is 10.1. The summed E-state index contributed by atoms with van der Waals surface area (Å²) in [5.74, 6) is -6.61. The summed E-state index contributed by atoms with van der Waals surface area (Å²) in [6, 6.07) is -5.49. The van der Waals surface area contributed by atoms with Crippen LogP contribution in [0.25, 0.3) is 0 Å². The standard InChI is InChI=1S/C17H26N4O10/c18-8(6-13(25)26)14(27)20-10(7-22)16(29)21-5-1-2-11(21)15(28)19-9(17(30)31)3-4-12(23)24/h8-11,22H,1-7,18H2,(H,19,28)(H,20,27)(H,23,24)(H,25,26)(H,30,31). The van der Waals surface area contributed by atoms with Gasteiger partial charge >= 0.3 is 17.9 Å². The first-order valence-corrected chi connectivity index (χ1v) is 9.42. The van der Waals surface area contributed by atoms with Crippen molar-refractivity contribution < 1.29 is 49.2 Å². The molecule has 0 aromatic heterocycles. The summed E-state index contributed by atoms with van der Waals surface area (Å²) in [7, 11) is 0. The highest BCUT2D eigenvalue weighted by Crippen LogP contribution is 2.19. The van der Waals surface area contributed by atoms with Crippen molar-refractivity contribution >= 4 is 35.6 Å². The summed E-state index contributed by atoms with van der Waals surface area (Å²) < 4.78 is 0. The molecule has 1 fully saturated rings. The first-order chi connectivity index (χ1) is 14.5. The van der Waals surface area contributed by atoms with Gasteiger partial charge in [0.1, 0.15) is 18.1 Å². The van der Waals surface area contributed by atoms with Crippen molar-refractivity contribution in [1.29, 1.82) is 0 Å². The molecule has 1 aliphatic heterocycles. The number of carbonyl (C=O) groups excluding carboxylic acids is 3. The maximum absolute atomic E-state index is 12.7. The van der Waals surface area contributed by atoms with Crippen molar-refractivity contribution in [2.75, 3.05) is 13.2 Å². The molecule has 14 nitrogen and oxygen atoms in total. The Kier molecular flexibility index (Phi) is 9.82. The molecule has 4 unspecified atom stereocenters. The van der Waals surface area contributed by atoms with Gasteiger partial charge < -0.3 is 41.7 Å². The van der Waals surface area contributed by atoms with Crippen LogP contribution in [0.4, 0.5) is 0 Å². The van der Waals surface area contributed by atoms with E-state index >= 15 is 0 Å². The van der Waals surface area contributed by atoms with Gasteiger partial charge in [-0.05, 0) is 19.3 Å². The lowest BCUT2D eigenvalue weighted by Crippen LogP contribution is -2.58. The number of nitrogens with one attached hydrogen (secondary N) is 2. The number of nitrogens with zero attached hydrogens (tertiary/aromatic N) is 1. The second-order valence-corrected chi connectivity index (χ2v) is 6.97. The molecule has 0 aromatic carbocycles. The monoisotopic (exact) mass is 446 g/mol. The van der Waals surface area contributed by atoms with Crippen molar-refractivity contribution in [3.05, 3.63) is 0 Å². The number of nitrogens with two attached hydrogens (primary N) is 1. The molecular formula is C17H26N4O10. The Morgan fingerprint density at radius 3 is 2.16 bits per heavy atom. The van der Waals surface area contributed by atoms with E-state index in [0.29, 0.717) is 6.42 Å². The average Bonchev–Trinajstić information content (AvgIpc) is 3.17. The second-order valence-electron chi connectivity index (χ2n) is 6.97. The number of hydrogen-bond acceptors (Lipinski definition) is 8. The Hall–Kier alpha value is -3.26. The fourth-order valence-electron chi connectivity index (χ4n) is 3.04. The maximum atomic E-state index is 12.7. The summed E-state index contributed by atoms with van der Waals surface area (Å²) in [5.41, 5.74) is 5.42. The minimum atomic E-state index is -1.48. The van der Waals surface area contributed by atoms with E-state index in [1.165, 1.54) is 0 Å². The molecule has 4 atom stereocenters. The molecule has 1 heterocycles. The van der Waals surface area contributed by atoms with E-state index in [9.17, 15) is 39.0 Å². The number of hydrogen-bond donors (Lipinski definition) is 7. The van der Waals surface area contributed by atoms with Crippen LogP contribution >= 0.6 is 0 Å². The van der Waals surface area contributed by atoms with Crippen molar-refractivity contribution in [2.45, 2.75) is 56.3 Å². The smallest absolute Gasteiger partial charge is 0.326 e. The van der Waals surface area contributed by atoms with E-state index in [2.05, 4.69) is 10.6 Å². The van der Waals surface area contributed by atoms with Gasteiger partial charge in [0.25, 0.3) is 0 Å². The highest BCUT2D eigenvalue weighted by atomic mass is 16.4. The molecule has 174 valence electrons. The van der Waals surface area contributed by atoms with Gasteiger partial charge in [-0.2, -0.15) is 0 Å². The molecule has 0 bridgehead atoms. The highest BCUT2D eigenvalue weighted by Gasteiger charge is 2.39. The Bertz CT molecular complexity index is 728. The molecule has 1 saturated heterocycles. The van der Waals surface area contributed by atoms with Crippen LogP contribution in [0.2, 0.25) is 0 Å². The van der Waals surface area contributed by atoms with Crippen LogP contribution in [0.3, 0.4) is 0 Å². The fraction of sp³-hybridized carbons (Fsp3) is 0.647. The Morgan fingerprint density at radius 2 is 1.65 bits per heavy atom. The molecule has 0 spiro atoms. The van der Waals surface area contributed by atoms with Gasteiger partial charge in [-0.15, -0.1) is 0 Å². The number of carbonyl (C=O) groups is 6. The number of aliphatic hydroxyl groups is 1. The molecule has 1 rings (SSSR count). The Balaban J connectivity index is 2.82. The van der Waals surface area contributed by atoms with E-state index in [4.69, 9.17) is 15.9 Å². The Labute approximate surface area is 176 Å². The Morgan fingerprint density at radius 1 is 1.00 bits per heavy atom. The third-order valence-corrected chi connectivity index (χ3v) is 4.63. The molecule has 0 radical (unpaired) electrons. The van der Waals surface area contributed by atoms with Crippen LogP contribution < -0.4 is 16.4 Å². The SMILES string of the molecule is NC(CC(=O)O)C(=O)NC(CO)C(=O)N1CCCC1C(=O)NC(CCC(=O)O)C(=O)O. The first kappa shape index (κ1) is 25.8. The molecular weight excluding hydrogens is 420 g/mol. The first-order valence-electron chi connectivity index (χ1n) is 9.42. The van der Waals surface area contributed by atoms with E-state index in [0.717, 1.165) is 4.90 Å². The van der Waals surface area contributed by atoms with Crippen LogP contribution in [0.1, 0.15) is 32.1 Å². The number of aliphatic carboxylic acids is 3. The lowest BCUT2D eigenvalue weighted by molar-refractivity contribution is -0.145. The van der Waals surface area contributed by atoms with Crippen LogP contribution in [0, 0.1) is 0 Å². The molecule has 8 N–H and O–H groups in total. The average molecular weight is 446 g/mol. The normalized spacial score (nSPS) is 18.5. The number of rotatable bonds is 12. The summed E-state index contributed by atoms with van der Waals surface area (Å²) in [4.78, 5) is 70.9. The summed E-state index contributed by atoms with van der Waals surface area (Å²) in [6.07, 6.45) is -0.956. The molecule has 31 heavy (non-hydrogen) atoms. The third kappa shape index (κ3) is 7.82. The zero-order valence-electron chi connectivity index (χ0n) is 16.5. The molecule has 0 aromatic rings. The zero-order valence-corrected chi connectivity index (χ0v) is 16.5. The molecule has 1 aliphatic rings. The van der Waals surface area contributed by atoms with Crippen molar-refractivity contribution in [3.63, 3.8) is 0 Å². The van der Waals surface area contributed by atoms with Crippen molar-refractivity contribution in [1.82, 2.24) is 15.5 Å². The van der Waals surface area contributed by atoms with Gasteiger partial charge in [-0.3, -0.25) is 24.0 Å². The predicted octanol–water partition coefficient (Wildman–Crippen LogP) is -3.31. The third-order valence-electron chi connectivity index (χ3n) is 4.63. The van der Waals surface area contributed by atoms with Gasteiger partial charge in [-0.25, -0.2) is 4.79 Å². The number of carboxylic acid groups (broad SMARTS) is 3. The zero-order chi connectivity index (χ0) is 23.7. The highest BCUT2D eigenvalue weighted by molar-refractivity contribution is 5.95. The van der Waals surface area contributed by atoms with E-state index in [1.54, 1.807) is 0 Å². The minimum absolute atomic E-state index is 0.0946. The van der Waals surface area contributed by atoms with E-state index in [1.807, 2.05) is 0 Å². The lowest BCUT2D eigenvalue weighted by Gasteiger charge is -2.29. The largest absolute Gasteiger partial charge is 0.481 e. The fourth-order valence-corrected chi connectivity index (χ4v) is 3.04. The van der Waals surface area contributed by atoms with E-state index in [-0.39, 0.29) is 19.4 Å². The van der Waals surface area contributed by atoms with Crippen LogP contribution in [0.5, 0.6) is 0 Å². The second kappa shape index (κ2) is 11.8. The number of aliphatic hydroxyl groups excluding tert-OH is 1. The van der Waals surface area contributed by atoms with Crippen molar-refractivity contribution in [2.24, 2.45) is 5.73 Å². The summed E-state index contributed by atoms with van der Waals surface area (Å²) in [5, 5.41) is 40.4. The molecule has 14 heteroatoms. The summed E-state index contributed by atoms with van der Waals surface area (Å²) in [6.45, 7) is -0.747. The van der Waals surface area contributed by atoms with Gasteiger partial charge in [-0.1, -0.05) is 0 Å². The number of amides is 3. The molecule has 0 aliphatic carbocycles. The topological polar surface area (TPSA) is 237 Å². The van der Waals surface area contributed by atoms with Gasteiger partial charge in [0.15, 0.2) is 0 Å². The predicted molar refractivity (Wildman–Crippen MR) is 100 cm³/mol. The van der Waals surface area contributed by atoms with Crippen LogP contribution in [-0.4, -0.2) is 98.3 Å². The van der Waals surface area contributed by atoms with Gasteiger partial charge in [0.05, 0.1) is 19.1 Å². The minimum Gasteiger partial charge on any atom is -0.481 e. The number of likely N-dealkylation sites (tertiary alicyclic amines) is 1.